The van der Waals surface area contributed by atoms with Crippen molar-refractivity contribution in [2.24, 2.45) is 12.8 Å². The van der Waals surface area contributed by atoms with E-state index in [0.29, 0.717) is 16.7 Å². The van der Waals surface area contributed by atoms with Crippen molar-refractivity contribution in [3.63, 3.8) is 0 Å². The van der Waals surface area contributed by atoms with Gasteiger partial charge >= 0.3 is 0 Å². The van der Waals surface area contributed by atoms with Crippen molar-refractivity contribution in [3.8, 4) is 0 Å². The van der Waals surface area contributed by atoms with Crippen LogP contribution in [0.5, 0.6) is 0 Å². The first-order chi connectivity index (χ1) is 7.11. The van der Waals surface area contributed by atoms with Crippen molar-refractivity contribution < 1.29 is 0 Å². The summed E-state index contributed by atoms with van der Waals surface area (Å²) in [6.45, 7) is 0. The van der Waals surface area contributed by atoms with E-state index in [1.807, 2.05) is 6.07 Å². The standard InChI is InChI=1S/C10H9N3OS/c1-13-9(8(11)15)12-7-5-3-2-4-6(7)10(13)14/h2-5H,1H3,(H2,11,15). The average Bonchev–Trinajstić information content (AvgIpc) is 2.23. The highest BCUT2D eigenvalue weighted by Crippen LogP contribution is 2.06. The molecule has 2 N–H and O–H groups in total. The van der Waals surface area contributed by atoms with Crippen LogP contribution >= 0.6 is 12.2 Å². The molecule has 0 aliphatic rings. The third kappa shape index (κ3) is 1.50. The van der Waals surface area contributed by atoms with Gasteiger partial charge in [-0.05, 0) is 12.1 Å². The summed E-state index contributed by atoms with van der Waals surface area (Å²) in [7, 11) is 1.61. The fourth-order valence-electron chi connectivity index (χ4n) is 1.44. The van der Waals surface area contributed by atoms with Gasteiger partial charge in [0.1, 0.15) is 4.99 Å². The average molecular weight is 219 g/mol. The smallest absolute Gasteiger partial charge is 0.261 e. The monoisotopic (exact) mass is 219 g/mol. The van der Waals surface area contributed by atoms with Crippen LogP contribution < -0.4 is 11.3 Å². The molecule has 0 aliphatic carbocycles. The summed E-state index contributed by atoms with van der Waals surface area (Å²) >= 11 is 4.83. The SMILES string of the molecule is Cn1c(C(N)=S)nc2ccccc2c1=O. The van der Waals surface area contributed by atoms with Crippen molar-refractivity contribution in [3.05, 3.63) is 40.4 Å². The van der Waals surface area contributed by atoms with Gasteiger partial charge in [0.15, 0.2) is 5.82 Å². The maximum Gasteiger partial charge on any atom is 0.261 e. The summed E-state index contributed by atoms with van der Waals surface area (Å²) in [5.74, 6) is 0.341. The van der Waals surface area contributed by atoms with Crippen molar-refractivity contribution in [2.75, 3.05) is 0 Å². The molecule has 0 unspecified atom stereocenters. The molecule has 4 nitrogen and oxygen atoms in total. The van der Waals surface area contributed by atoms with E-state index in [2.05, 4.69) is 4.98 Å². The fourth-order valence-corrected chi connectivity index (χ4v) is 1.62. The number of rotatable bonds is 1. The van der Waals surface area contributed by atoms with Crippen LogP contribution in [0.3, 0.4) is 0 Å². The Hall–Kier alpha value is -1.75. The molecule has 0 radical (unpaired) electrons. The summed E-state index contributed by atoms with van der Waals surface area (Å²) in [4.78, 5) is 16.2. The van der Waals surface area contributed by atoms with Crippen molar-refractivity contribution in [2.45, 2.75) is 0 Å². The van der Waals surface area contributed by atoms with Gasteiger partial charge in [0.25, 0.3) is 5.56 Å². The van der Waals surface area contributed by atoms with Crippen molar-refractivity contribution >= 4 is 28.1 Å². The summed E-state index contributed by atoms with van der Waals surface area (Å²) in [5.41, 5.74) is 5.96. The largest absolute Gasteiger partial charge is 0.387 e. The highest BCUT2D eigenvalue weighted by atomic mass is 32.1. The van der Waals surface area contributed by atoms with E-state index in [1.54, 1.807) is 25.2 Å². The summed E-state index contributed by atoms with van der Waals surface area (Å²) < 4.78 is 1.37. The molecular weight excluding hydrogens is 210 g/mol. The zero-order valence-corrected chi connectivity index (χ0v) is 8.91. The number of benzene rings is 1. The molecule has 76 valence electrons. The number of fused-ring (bicyclic) bond motifs is 1. The van der Waals surface area contributed by atoms with Gasteiger partial charge in [-0.3, -0.25) is 9.36 Å². The van der Waals surface area contributed by atoms with Gasteiger partial charge in [-0.25, -0.2) is 4.98 Å². The minimum Gasteiger partial charge on any atom is -0.387 e. The molecule has 0 fully saturated rings. The van der Waals surface area contributed by atoms with Gasteiger partial charge in [-0.15, -0.1) is 0 Å². The number of nitrogens with zero attached hydrogens (tertiary/aromatic N) is 2. The van der Waals surface area contributed by atoms with Crippen LogP contribution in [-0.4, -0.2) is 14.5 Å². The second-order valence-electron chi connectivity index (χ2n) is 3.18. The van der Waals surface area contributed by atoms with Gasteiger partial charge in [0, 0.05) is 7.05 Å². The Bertz CT molecular complexity index is 603. The molecule has 15 heavy (non-hydrogen) atoms. The van der Waals surface area contributed by atoms with Crippen LogP contribution in [0.2, 0.25) is 0 Å². The predicted molar refractivity (Wildman–Crippen MR) is 62.9 cm³/mol. The first-order valence-electron chi connectivity index (χ1n) is 4.37. The van der Waals surface area contributed by atoms with Crippen LogP contribution in [0.15, 0.2) is 29.1 Å². The minimum atomic E-state index is -0.136. The maximum absolute atomic E-state index is 11.9. The molecule has 0 saturated carbocycles. The third-order valence-corrected chi connectivity index (χ3v) is 2.39. The summed E-state index contributed by atoms with van der Waals surface area (Å²) in [6.07, 6.45) is 0. The second kappa shape index (κ2) is 3.43. The van der Waals surface area contributed by atoms with Gasteiger partial charge in [-0.2, -0.15) is 0 Å². The van der Waals surface area contributed by atoms with E-state index in [0.717, 1.165) is 0 Å². The van der Waals surface area contributed by atoms with E-state index in [1.165, 1.54) is 4.57 Å². The third-order valence-electron chi connectivity index (χ3n) is 2.20. The molecule has 2 rings (SSSR count). The zero-order chi connectivity index (χ0) is 11.0. The molecule has 1 heterocycles. The molecule has 1 aromatic heterocycles. The Morgan fingerprint density at radius 1 is 1.47 bits per heavy atom. The Morgan fingerprint density at radius 3 is 2.80 bits per heavy atom. The predicted octanol–water partition coefficient (Wildman–Crippen LogP) is 0.568. The molecule has 0 atom stereocenters. The lowest BCUT2D eigenvalue weighted by atomic mass is 10.2. The lowest BCUT2D eigenvalue weighted by molar-refractivity contribution is 0.829. The zero-order valence-electron chi connectivity index (χ0n) is 8.10. The Morgan fingerprint density at radius 2 is 2.13 bits per heavy atom. The van der Waals surface area contributed by atoms with Crippen molar-refractivity contribution in [1.82, 2.24) is 9.55 Å². The van der Waals surface area contributed by atoms with Gasteiger partial charge in [-0.1, -0.05) is 24.4 Å². The molecule has 1 aromatic carbocycles. The molecular formula is C10H9N3OS. The second-order valence-corrected chi connectivity index (χ2v) is 3.62. The molecule has 0 spiro atoms. The molecule has 5 heteroatoms. The molecule has 0 amide bonds. The Balaban J connectivity index is 2.95. The van der Waals surface area contributed by atoms with Crippen LogP contribution in [-0.2, 0) is 7.05 Å². The number of para-hydroxylation sites is 1. The Labute approximate surface area is 91.4 Å². The molecule has 2 aromatic rings. The fraction of sp³-hybridized carbons (Fsp3) is 0.100. The van der Waals surface area contributed by atoms with E-state index in [9.17, 15) is 4.79 Å². The van der Waals surface area contributed by atoms with E-state index in [-0.39, 0.29) is 10.5 Å². The normalized spacial score (nSPS) is 10.5. The molecule has 0 bridgehead atoms. The first-order valence-corrected chi connectivity index (χ1v) is 4.77. The summed E-state index contributed by atoms with van der Waals surface area (Å²) in [6, 6.07) is 7.11. The number of hydrogen-bond acceptors (Lipinski definition) is 3. The van der Waals surface area contributed by atoms with Crippen LogP contribution in [0.4, 0.5) is 0 Å². The summed E-state index contributed by atoms with van der Waals surface area (Å²) in [5, 5.41) is 0.569. The van der Waals surface area contributed by atoms with Gasteiger partial charge in [0.05, 0.1) is 10.9 Å². The highest BCUT2D eigenvalue weighted by molar-refractivity contribution is 7.80. The molecule has 0 aliphatic heterocycles. The lowest BCUT2D eigenvalue weighted by Gasteiger charge is -2.06. The van der Waals surface area contributed by atoms with Gasteiger partial charge in [0.2, 0.25) is 0 Å². The molecule has 0 saturated heterocycles. The van der Waals surface area contributed by atoms with E-state index >= 15 is 0 Å². The van der Waals surface area contributed by atoms with Crippen LogP contribution in [0.25, 0.3) is 10.9 Å². The van der Waals surface area contributed by atoms with Crippen LogP contribution in [0.1, 0.15) is 5.82 Å². The Kier molecular flexibility index (Phi) is 2.24. The lowest BCUT2D eigenvalue weighted by Crippen LogP contribution is -2.28. The van der Waals surface area contributed by atoms with Crippen molar-refractivity contribution in [1.29, 1.82) is 0 Å². The topological polar surface area (TPSA) is 60.9 Å². The van der Waals surface area contributed by atoms with E-state index < -0.39 is 0 Å². The van der Waals surface area contributed by atoms with Crippen LogP contribution in [0, 0.1) is 0 Å². The van der Waals surface area contributed by atoms with E-state index in [4.69, 9.17) is 18.0 Å². The number of hydrogen-bond donors (Lipinski definition) is 1. The first kappa shape index (κ1) is 9.79. The number of nitrogens with two attached hydrogens (primary N) is 1. The highest BCUT2D eigenvalue weighted by Gasteiger charge is 2.08. The maximum atomic E-state index is 11.9. The number of thiocarbonyl (C=S) groups is 1. The minimum absolute atomic E-state index is 0.125. The van der Waals surface area contributed by atoms with Gasteiger partial charge < -0.3 is 5.73 Å². The number of aromatic nitrogens is 2. The quantitative estimate of drug-likeness (QED) is 0.712.